The van der Waals surface area contributed by atoms with Crippen LogP contribution in [0.4, 0.5) is 13.2 Å². The van der Waals surface area contributed by atoms with Crippen LogP contribution in [0.15, 0.2) is 42.5 Å². The number of carboxylic acid groups (broad SMARTS) is 1. The molecule has 1 heterocycles. The van der Waals surface area contributed by atoms with E-state index in [4.69, 9.17) is 9.84 Å². The largest absolute Gasteiger partial charge is 0.479 e. The van der Waals surface area contributed by atoms with Gasteiger partial charge in [0.25, 0.3) is 0 Å². The van der Waals surface area contributed by atoms with Crippen LogP contribution >= 0.6 is 11.3 Å². The Morgan fingerprint density at radius 1 is 1.23 bits per heavy atom. The van der Waals surface area contributed by atoms with Crippen LogP contribution in [0, 0.1) is 0 Å². The molecule has 1 atom stereocenters. The number of hydrogen-bond acceptors (Lipinski definition) is 4. The zero-order valence-corrected chi connectivity index (χ0v) is 14.4. The molecule has 26 heavy (non-hydrogen) atoms. The van der Waals surface area contributed by atoms with Gasteiger partial charge < -0.3 is 9.84 Å². The second-order valence-corrected chi connectivity index (χ2v) is 6.61. The van der Waals surface area contributed by atoms with E-state index in [-0.39, 0.29) is 5.52 Å². The fraction of sp³-hybridized carbons (Fsp3) is 0.222. The van der Waals surface area contributed by atoms with Crippen LogP contribution in [0.3, 0.4) is 0 Å². The van der Waals surface area contributed by atoms with Gasteiger partial charge >= 0.3 is 12.1 Å². The SMILES string of the molecule is CCC(Oc1ccc(-c2nc3cc(C(F)(F)F)ccc3s2)cc1)C(=O)O. The number of thiazole rings is 1. The summed E-state index contributed by atoms with van der Waals surface area (Å²) in [5, 5.41) is 9.59. The highest BCUT2D eigenvalue weighted by Crippen LogP contribution is 2.35. The fourth-order valence-electron chi connectivity index (χ4n) is 2.38. The monoisotopic (exact) mass is 381 g/mol. The Hall–Kier alpha value is -2.61. The Morgan fingerprint density at radius 3 is 2.50 bits per heavy atom. The van der Waals surface area contributed by atoms with Crippen molar-refractivity contribution in [3.05, 3.63) is 48.0 Å². The maximum absolute atomic E-state index is 12.8. The molecule has 136 valence electrons. The summed E-state index contributed by atoms with van der Waals surface area (Å²) < 4.78 is 44.4. The van der Waals surface area contributed by atoms with Crippen LogP contribution in [0.2, 0.25) is 0 Å². The Morgan fingerprint density at radius 2 is 1.92 bits per heavy atom. The molecule has 3 aromatic rings. The van der Waals surface area contributed by atoms with Gasteiger partial charge in [0.15, 0.2) is 6.10 Å². The molecule has 1 aromatic heterocycles. The maximum Gasteiger partial charge on any atom is 0.416 e. The number of carboxylic acids is 1. The highest BCUT2D eigenvalue weighted by atomic mass is 32.1. The molecule has 0 spiro atoms. The second kappa shape index (κ2) is 6.95. The van der Waals surface area contributed by atoms with Gasteiger partial charge in [0.1, 0.15) is 10.8 Å². The number of carbonyl (C=O) groups is 1. The number of nitrogens with zero attached hydrogens (tertiary/aromatic N) is 1. The Balaban J connectivity index is 1.86. The number of ether oxygens (including phenoxy) is 1. The molecule has 0 fully saturated rings. The quantitative estimate of drug-likeness (QED) is 0.658. The summed E-state index contributed by atoms with van der Waals surface area (Å²) in [4.78, 5) is 15.3. The van der Waals surface area contributed by atoms with Crippen LogP contribution in [0.5, 0.6) is 5.75 Å². The molecule has 0 saturated heterocycles. The van der Waals surface area contributed by atoms with Crippen molar-refractivity contribution in [1.29, 1.82) is 0 Å². The zero-order chi connectivity index (χ0) is 18.9. The van der Waals surface area contributed by atoms with Crippen LogP contribution in [-0.2, 0) is 11.0 Å². The minimum atomic E-state index is -4.41. The molecule has 0 saturated carbocycles. The Labute approximate surface area is 150 Å². The minimum Gasteiger partial charge on any atom is -0.479 e. The minimum absolute atomic E-state index is 0.289. The first-order valence-corrected chi connectivity index (χ1v) is 8.57. The molecule has 8 heteroatoms. The van der Waals surface area contributed by atoms with Crippen molar-refractivity contribution in [1.82, 2.24) is 4.98 Å². The Kier molecular flexibility index (Phi) is 4.86. The lowest BCUT2D eigenvalue weighted by Crippen LogP contribution is -2.25. The standard InChI is InChI=1S/C18H14F3NO3S/c1-2-14(17(23)24)25-12-6-3-10(4-7-12)16-22-13-9-11(18(19,20)21)5-8-15(13)26-16/h3-9,14H,2H2,1H3,(H,23,24). The van der Waals surface area contributed by atoms with Gasteiger partial charge in [-0.15, -0.1) is 11.3 Å². The summed E-state index contributed by atoms with van der Waals surface area (Å²) in [6, 6.07) is 10.1. The third-order valence-corrected chi connectivity index (χ3v) is 4.83. The van der Waals surface area contributed by atoms with Crippen LogP contribution in [-0.4, -0.2) is 22.2 Å². The van der Waals surface area contributed by atoms with Gasteiger partial charge in [-0.05, 0) is 48.9 Å². The topological polar surface area (TPSA) is 59.4 Å². The lowest BCUT2D eigenvalue weighted by Gasteiger charge is -2.13. The number of halogens is 3. The smallest absolute Gasteiger partial charge is 0.416 e. The van der Waals surface area contributed by atoms with Gasteiger partial charge in [0.05, 0.1) is 15.8 Å². The molecule has 1 N–H and O–H groups in total. The zero-order valence-electron chi connectivity index (χ0n) is 13.6. The van der Waals surface area contributed by atoms with E-state index in [1.165, 1.54) is 17.4 Å². The summed E-state index contributed by atoms with van der Waals surface area (Å²) in [6.07, 6.45) is -5.00. The Bertz CT molecular complexity index is 935. The third kappa shape index (κ3) is 3.80. The molecule has 4 nitrogen and oxygen atoms in total. The average Bonchev–Trinajstić information content (AvgIpc) is 3.02. The molecule has 0 amide bonds. The third-order valence-electron chi connectivity index (χ3n) is 3.74. The van der Waals surface area contributed by atoms with Gasteiger partial charge in [-0.25, -0.2) is 9.78 Å². The number of aromatic nitrogens is 1. The normalized spacial score (nSPS) is 12.9. The number of rotatable bonds is 5. The van der Waals surface area contributed by atoms with E-state index in [1.807, 2.05) is 0 Å². The van der Waals surface area contributed by atoms with Gasteiger partial charge in [-0.1, -0.05) is 6.92 Å². The van der Waals surface area contributed by atoms with Crippen molar-refractivity contribution in [2.75, 3.05) is 0 Å². The van der Waals surface area contributed by atoms with E-state index in [0.717, 1.165) is 17.7 Å². The molecule has 0 radical (unpaired) electrons. The molecule has 3 rings (SSSR count). The van der Waals surface area contributed by atoms with E-state index in [1.54, 1.807) is 31.2 Å². The lowest BCUT2D eigenvalue weighted by atomic mass is 10.2. The molecule has 0 aliphatic heterocycles. The average molecular weight is 381 g/mol. The van der Waals surface area contributed by atoms with E-state index in [9.17, 15) is 18.0 Å². The fourth-order valence-corrected chi connectivity index (χ4v) is 3.33. The summed E-state index contributed by atoms with van der Waals surface area (Å²) in [5.74, 6) is -0.633. The number of aliphatic carboxylic acids is 1. The second-order valence-electron chi connectivity index (χ2n) is 5.58. The van der Waals surface area contributed by atoms with Crippen molar-refractivity contribution in [3.63, 3.8) is 0 Å². The summed E-state index contributed by atoms with van der Waals surface area (Å²) in [6.45, 7) is 1.71. The van der Waals surface area contributed by atoms with Crippen molar-refractivity contribution >= 4 is 27.5 Å². The highest BCUT2D eigenvalue weighted by Gasteiger charge is 2.30. The van der Waals surface area contributed by atoms with Crippen LogP contribution in [0.25, 0.3) is 20.8 Å². The van der Waals surface area contributed by atoms with Crippen molar-refractivity contribution in [3.8, 4) is 16.3 Å². The first kappa shape index (κ1) is 18.2. The first-order valence-electron chi connectivity index (χ1n) is 7.75. The van der Waals surface area contributed by atoms with Gasteiger partial charge in [-0.2, -0.15) is 13.2 Å². The highest BCUT2D eigenvalue weighted by molar-refractivity contribution is 7.21. The van der Waals surface area contributed by atoms with Gasteiger partial charge in [0.2, 0.25) is 0 Å². The number of hydrogen-bond donors (Lipinski definition) is 1. The van der Waals surface area contributed by atoms with E-state index < -0.39 is 23.8 Å². The van der Waals surface area contributed by atoms with Crippen LogP contribution in [0.1, 0.15) is 18.9 Å². The van der Waals surface area contributed by atoms with E-state index in [0.29, 0.717) is 21.9 Å². The summed E-state index contributed by atoms with van der Waals surface area (Å²) in [5.41, 5.74) is 0.275. The van der Waals surface area contributed by atoms with Gasteiger partial charge in [0, 0.05) is 5.56 Å². The predicted molar refractivity (Wildman–Crippen MR) is 92.4 cm³/mol. The number of fused-ring (bicyclic) bond motifs is 1. The molecular formula is C18H14F3NO3S. The molecule has 0 bridgehead atoms. The molecule has 0 aliphatic rings. The molecule has 2 aromatic carbocycles. The number of alkyl halides is 3. The maximum atomic E-state index is 12.8. The lowest BCUT2D eigenvalue weighted by molar-refractivity contribution is -0.145. The van der Waals surface area contributed by atoms with E-state index >= 15 is 0 Å². The van der Waals surface area contributed by atoms with E-state index in [2.05, 4.69) is 4.98 Å². The predicted octanol–water partition coefficient (Wildman–Crippen LogP) is 5.22. The molecule has 1 unspecified atom stereocenters. The summed E-state index contributed by atoms with van der Waals surface area (Å²) in [7, 11) is 0. The van der Waals surface area contributed by atoms with Crippen molar-refractivity contribution < 1.29 is 27.8 Å². The summed E-state index contributed by atoms with van der Waals surface area (Å²) >= 11 is 1.29. The van der Waals surface area contributed by atoms with Crippen molar-refractivity contribution in [2.45, 2.75) is 25.6 Å². The van der Waals surface area contributed by atoms with Crippen LogP contribution < -0.4 is 4.74 Å². The first-order chi connectivity index (χ1) is 12.3. The number of benzene rings is 2. The van der Waals surface area contributed by atoms with Gasteiger partial charge in [-0.3, -0.25) is 0 Å². The molecule has 0 aliphatic carbocycles. The van der Waals surface area contributed by atoms with Crippen molar-refractivity contribution in [2.24, 2.45) is 0 Å². The molecular weight excluding hydrogens is 367 g/mol.